The van der Waals surface area contributed by atoms with Crippen molar-refractivity contribution in [3.63, 3.8) is 0 Å². The average molecular weight is 292 g/mol. The maximum absolute atomic E-state index is 12.1. The maximum Gasteiger partial charge on any atom is 0.308 e. The zero-order valence-corrected chi connectivity index (χ0v) is 11.9. The van der Waals surface area contributed by atoms with Crippen molar-refractivity contribution in [1.82, 2.24) is 19.3 Å². The van der Waals surface area contributed by atoms with E-state index in [1.165, 1.54) is 11.3 Å². The van der Waals surface area contributed by atoms with Crippen molar-refractivity contribution in [2.75, 3.05) is 0 Å². The van der Waals surface area contributed by atoms with E-state index in [-0.39, 0.29) is 4.87 Å². The van der Waals surface area contributed by atoms with Crippen LogP contribution in [0, 0.1) is 4.77 Å². The number of H-pyrrole nitrogens is 1. The summed E-state index contributed by atoms with van der Waals surface area (Å²) in [6.45, 7) is 3.18. The molecule has 0 fully saturated rings. The van der Waals surface area contributed by atoms with Crippen LogP contribution >= 0.6 is 23.6 Å². The molecule has 7 heteroatoms. The summed E-state index contributed by atoms with van der Waals surface area (Å²) in [7, 11) is 0. The van der Waals surface area contributed by atoms with Crippen molar-refractivity contribution in [2.45, 2.75) is 20.0 Å². The van der Waals surface area contributed by atoms with Crippen molar-refractivity contribution in [2.24, 2.45) is 0 Å². The third-order valence-corrected chi connectivity index (χ3v) is 4.30. The molecule has 0 unspecified atom stereocenters. The van der Waals surface area contributed by atoms with E-state index in [1.54, 1.807) is 4.57 Å². The van der Waals surface area contributed by atoms with Crippen molar-refractivity contribution >= 4 is 33.8 Å². The number of hydrogen-bond donors (Lipinski definition) is 1. The third kappa shape index (κ3) is 2.04. The lowest BCUT2D eigenvalue weighted by Crippen LogP contribution is -2.16. The van der Waals surface area contributed by atoms with Gasteiger partial charge in [-0.2, -0.15) is 5.10 Å². The van der Waals surface area contributed by atoms with Crippen LogP contribution in [0.3, 0.4) is 0 Å². The van der Waals surface area contributed by atoms with Crippen molar-refractivity contribution in [3.05, 3.63) is 44.5 Å². The number of para-hydroxylation sites is 1. The quantitative estimate of drug-likeness (QED) is 0.754. The largest absolute Gasteiger partial charge is 0.308 e. The second-order valence-electron chi connectivity index (χ2n) is 4.11. The van der Waals surface area contributed by atoms with Gasteiger partial charge in [-0.3, -0.25) is 14.5 Å². The summed E-state index contributed by atoms with van der Waals surface area (Å²) in [6, 6.07) is 7.77. The van der Waals surface area contributed by atoms with Crippen molar-refractivity contribution < 1.29 is 0 Å². The van der Waals surface area contributed by atoms with Gasteiger partial charge in [-0.05, 0) is 31.3 Å². The molecule has 2 heterocycles. The predicted octanol–water partition coefficient (Wildman–Crippen LogP) is 2.39. The van der Waals surface area contributed by atoms with Crippen LogP contribution in [-0.4, -0.2) is 19.3 Å². The van der Waals surface area contributed by atoms with E-state index < -0.39 is 0 Å². The molecule has 0 saturated carbocycles. The summed E-state index contributed by atoms with van der Waals surface area (Å²) in [6.07, 6.45) is 0. The van der Waals surface area contributed by atoms with Gasteiger partial charge < -0.3 is 4.57 Å². The molecular weight excluding hydrogens is 280 g/mol. The number of nitrogens with zero attached hydrogens (tertiary/aromatic N) is 3. The molecule has 3 aromatic rings. The van der Waals surface area contributed by atoms with Gasteiger partial charge in [0.25, 0.3) is 0 Å². The molecule has 0 amide bonds. The standard InChI is InChI=1S/C12H12N4OS2/c1-2-15-10(13-14-11(15)18)7-16-8-5-3-4-6-9(8)19-12(16)17/h3-6H,2,7H2,1H3,(H,14,18). The zero-order valence-electron chi connectivity index (χ0n) is 10.3. The van der Waals surface area contributed by atoms with Crippen LogP contribution in [0.4, 0.5) is 0 Å². The summed E-state index contributed by atoms with van der Waals surface area (Å²) in [5.41, 5.74) is 0.939. The monoisotopic (exact) mass is 292 g/mol. The highest BCUT2D eigenvalue weighted by Crippen LogP contribution is 2.17. The smallest absolute Gasteiger partial charge is 0.303 e. The molecule has 19 heavy (non-hydrogen) atoms. The molecule has 0 radical (unpaired) electrons. The predicted molar refractivity (Wildman–Crippen MR) is 78.3 cm³/mol. The Morgan fingerprint density at radius 3 is 2.95 bits per heavy atom. The molecule has 0 saturated heterocycles. The van der Waals surface area contributed by atoms with Gasteiger partial charge in [-0.1, -0.05) is 23.5 Å². The highest BCUT2D eigenvalue weighted by Gasteiger charge is 2.11. The summed E-state index contributed by atoms with van der Waals surface area (Å²) in [4.78, 5) is 12.1. The van der Waals surface area contributed by atoms with Crippen LogP contribution in [0.5, 0.6) is 0 Å². The van der Waals surface area contributed by atoms with Crippen molar-refractivity contribution in [1.29, 1.82) is 0 Å². The van der Waals surface area contributed by atoms with E-state index in [9.17, 15) is 4.79 Å². The molecule has 0 spiro atoms. The number of hydrogen-bond acceptors (Lipinski definition) is 4. The number of nitrogens with one attached hydrogen (secondary N) is 1. The molecule has 1 N–H and O–H groups in total. The van der Waals surface area contributed by atoms with Gasteiger partial charge >= 0.3 is 4.87 Å². The topological polar surface area (TPSA) is 55.6 Å². The maximum atomic E-state index is 12.1. The molecule has 0 bridgehead atoms. The lowest BCUT2D eigenvalue weighted by molar-refractivity contribution is 0.651. The van der Waals surface area contributed by atoms with E-state index in [1.807, 2.05) is 35.8 Å². The zero-order chi connectivity index (χ0) is 13.4. The fourth-order valence-corrected chi connectivity index (χ4v) is 3.27. The van der Waals surface area contributed by atoms with E-state index in [0.29, 0.717) is 11.3 Å². The average Bonchev–Trinajstić information content (AvgIpc) is 2.91. The van der Waals surface area contributed by atoms with E-state index in [4.69, 9.17) is 12.2 Å². The van der Waals surface area contributed by atoms with Crippen LogP contribution in [0.1, 0.15) is 12.7 Å². The first kappa shape index (κ1) is 12.3. The number of rotatable bonds is 3. The lowest BCUT2D eigenvalue weighted by Gasteiger charge is -2.05. The fraction of sp³-hybridized carbons (Fsp3) is 0.250. The SMILES string of the molecule is CCn1c(Cn2c(=O)sc3ccccc32)n[nH]c1=S. The molecule has 0 aliphatic rings. The minimum absolute atomic E-state index is 0.0257. The molecule has 0 aliphatic carbocycles. The van der Waals surface area contributed by atoms with Crippen LogP contribution in [0.25, 0.3) is 10.2 Å². The second kappa shape index (κ2) is 4.75. The molecule has 2 aromatic heterocycles. The molecular formula is C12H12N4OS2. The van der Waals surface area contributed by atoms with Gasteiger partial charge in [0.05, 0.1) is 16.8 Å². The Hall–Kier alpha value is -1.73. The summed E-state index contributed by atoms with van der Waals surface area (Å²) in [5, 5.41) is 6.97. The van der Waals surface area contributed by atoms with Gasteiger partial charge in [0.15, 0.2) is 10.6 Å². The Labute approximate surface area is 118 Å². The van der Waals surface area contributed by atoms with Gasteiger partial charge in [-0.15, -0.1) is 0 Å². The van der Waals surface area contributed by atoms with Crippen LogP contribution in [0.2, 0.25) is 0 Å². The molecule has 0 atom stereocenters. The molecule has 98 valence electrons. The summed E-state index contributed by atoms with van der Waals surface area (Å²) >= 11 is 6.41. The first-order chi connectivity index (χ1) is 9.20. The summed E-state index contributed by atoms with van der Waals surface area (Å²) < 4.78 is 5.21. The van der Waals surface area contributed by atoms with Gasteiger partial charge in [-0.25, -0.2) is 0 Å². The first-order valence-corrected chi connectivity index (χ1v) is 7.15. The van der Waals surface area contributed by atoms with Crippen LogP contribution in [-0.2, 0) is 13.1 Å². The minimum atomic E-state index is 0.0257. The Kier molecular flexibility index (Phi) is 3.08. The Morgan fingerprint density at radius 1 is 1.37 bits per heavy atom. The van der Waals surface area contributed by atoms with Gasteiger partial charge in [0, 0.05) is 6.54 Å². The molecule has 1 aromatic carbocycles. The Balaban J connectivity index is 2.13. The third-order valence-electron chi connectivity index (χ3n) is 3.03. The van der Waals surface area contributed by atoms with Gasteiger partial charge in [0.2, 0.25) is 0 Å². The highest BCUT2D eigenvalue weighted by atomic mass is 32.1. The van der Waals surface area contributed by atoms with E-state index in [0.717, 1.165) is 22.6 Å². The first-order valence-electron chi connectivity index (χ1n) is 5.93. The molecule has 3 rings (SSSR count). The van der Waals surface area contributed by atoms with E-state index in [2.05, 4.69) is 10.2 Å². The number of benzene rings is 1. The summed E-state index contributed by atoms with van der Waals surface area (Å²) in [5.74, 6) is 0.776. The van der Waals surface area contributed by atoms with Crippen LogP contribution in [0.15, 0.2) is 29.1 Å². The Morgan fingerprint density at radius 2 is 2.16 bits per heavy atom. The number of aromatic amines is 1. The lowest BCUT2D eigenvalue weighted by atomic mass is 10.3. The normalized spacial score (nSPS) is 11.2. The van der Waals surface area contributed by atoms with Gasteiger partial charge in [0.1, 0.15) is 0 Å². The second-order valence-corrected chi connectivity index (χ2v) is 5.49. The fourth-order valence-electron chi connectivity index (χ4n) is 2.10. The van der Waals surface area contributed by atoms with Crippen molar-refractivity contribution in [3.8, 4) is 0 Å². The molecule has 5 nitrogen and oxygen atoms in total. The minimum Gasteiger partial charge on any atom is -0.303 e. The highest BCUT2D eigenvalue weighted by molar-refractivity contribution is 7.71. The van der Waals surface area contributed by atoms with E-state index >= 15 is 0 Å². The molecule has 0 aliphatic heterocycles. The Bertz CT molecular complexity index is 839. The number of fused-ring (bicyclic) bond motifs is 1. The number of thiazole rings is 1. The number of aromatic nitrogens is 4. The van der Waals surface area contributed by atoms with Crippen LogP contribution < -0.4 is 4.87 Å².